The first kappa shape index (κ1) is 20.8. The Balaban J connectivity index is 1.89. The lowest BCUT2D eigenvalue weighted by molar-refractivity contribution is -0.141. The first-order valence-electron chi connectivity index (χ1n) is 8.70. The summed E-state index contributed by atoms with van der Waals surface area (Å²) >= 11 is 5.95. The van der Waals surface area contributed by atoms with Crippen LogP contribution in [0.3, 0.4) is 0 Å². The van der Waals surface area contributed by atoms with Crippen LogP contribution in [0.25, 0.3) is 10.9 Å². The summed E-state index contributed by atoms with van der Waals surface area (Å²) < 4.78 is 38.0. The van der Waals surface area contributed by atoms with Gasteiger partial charge in [-0.05, 0) is 36.8 Å². The third kappa shape index (κ3) is 4.73. The molecule has 0 aliphatic heterocycles. The van der Waals surface area contributed by atoms with Crippen LogP contribution in [-0.2, 0) is 12.7 Å². The molecule has 0 aliphatic rings. The quantitative estimate of drug-likeness (QED) is 0.670. The molecule has 2 aromatic heterocycles. The largest absolute Gasteiger partial charge is 0.433 e. The highest BCUT2D eigenvalue weighted by atomic mass is 35.5. The monoisotopic (exact) mass is 424 g/mol. The average molecular weight is 425 g/mol. The number of hydrogen-bond donors (Lipinski definition) is 1. The van der Waals surface area contributed by atoms with Crippen molar-refractivity contribution in [1.82, 2.24) is 19.9 Å². The molecule has 1 amide bonds. The van der Waals surface area contributed by atoms with Crippen LogP contribution in [0.2, 0.25) is 5.02 Å². The van der Waals surface area contributed by atoms with Gasteiger partial charge in [-0.25, -0.2) is 4.98 Å². The third-order valence-electron chi connectivity index (χ3n) is 4.14. The van der Waals surface area contributed by atoms with Gasteiger partial charge in [0.2, 0.25) is 0 Å². The summed E-state index contributed by atoms with van der Waals surface area (Å²) in [5.74, 6) is -0.270. The van der Waals surface area contributed by atoms with Crippen molar-refractivity contribution in [3.63, 3.8) is 0 Å². The molecule has 3 rings (SSSR count). The normalized spacial score (nSPS) is 11.6. The molecule has 0 spiro atoms. The first-order chi connectivity index (χ1) is 13.7. The van der Waals surface area contributed by atoms with Gasteiger partial charge in [-0.1, -0.05) is 18.5 Å². The Bertz CT molecular complexity index is 1100. The number of hydrogen-bond acceptors (Lipinski definition) is 4. The summed E-state index contributed by atoms with van der Waals surface area (Å²) in [7, 11) is 0. The number of aromatic nitrogens is 3. The highest BCUT2D eigenvalue weighted by Crippen LogP contribution is 2.27. The molecule has 0 saturated heterocycles. The molecule has 6 nitrogen and oxygen atoms in total. The number of aromatic amines is 1. The number of H-pyrrole nitrogens is 1. The number of rotatable bonds is 5. The first-order valence-corrected chi connectivity index (χ1v) is 9.08. The summed E-state index contributed by atoms with van der Waals surface area (Å²) in [5.41, 5.74) is -1.05. The zero-order valence-corrected chi connectivity index (χ0v) is 16.0. The Hall–Kier alpha value is -2.94. The van der Waals surface area contributed by atoms with Crippen LogP contribution in [0, 0.1) is 0 Å². The molecule has 10 heteroatoms. The minimum Gasteiger partial charge on any atom is -0.331 e. The standard InChI is InChI=1S/C19H16ClF3N4O2/c1-2-7-27(18(29)11-3-6-15(24-9-11)19(21,22)23)10-16-25-14-8-12(20)4-5-13(14)17(28)26-16/h3-6,8-9H,2,7,10H2,1H3,(H,25,26,28). The van der Waals surface area contributed by atoms with Crippen molar-refractivity contribution in [2.45, 2.75) is 26.1 Å². The fourth-order valence-electron chi connectivity index (χ4n) is 2.81. The van der Waals surface area contributed by atoms with E-state index in [1.54, 1.807) is 18.2 Å². The van der Waals surface area contributed by atoms with Crippen molar-refractivity contribution >= 4 is 28.4 Å². The van der Waals surface area contributed by atoms with E-state index in [0.717, 1.165) is 18.3 Å². The molecular weight excluding hydrogens is 409 g/mol. The molecular formula is C19H16ClF3N4O2. The predicted octanol–water partition coefficient (Wildman–Crippen LogP) is 4.04. The van der Waals surface area contributed by atoms with E-state index in [-0.39, 0.29) is 23.5 Å². The van der Waals surface area contributed by atoms with Gasteiger partial charge >= 0.3 is 6.18 Å². The van der Waals surface area contributed by atoms with Crippen LogP contribution < -0.4 is 5.56 Å². The Kier molecular flexibility index (Phi) is 5.88. The summed E-state index contributed by atoms with van der Waals surface area (Å²) in [6, 6.07) is 6.51. The van der Waals surface area contributed by atoms with Gasteiger partial charge < -0.3 is 9.88 Å². The van der Waals surface area contributed by atoms with Gasteiger partial charge in [-0.3, -0.25) is 14.6 Å². The van der Waals surface area contributed by atoms with E-state index in [9.17, 15) is 22.8 Å². The second-order valence-electron chi connectivity index (χ2n) is 6.33. The summed E-state index contributed by atoms with van der Waals surface area (Å²) in [6.07, 6.45) is -3.09. The molecule has 0 radical (unpaired) electrons. The number of carbonyl (C=O) groups excluding carboxylic acids is 1. The lowest BCUT2D eigenvalue weighted by atomic mass is 10.2. The summed E-state index contributed by atoms with van der Waals surface area (Å²) in [4.78, 5) is 36.7. The van der Waals surface area contributed by atoms with Gasteiger partial charge in [0.15, 0.2) is 0 Å². The minimum absolute atomic E-state index is 0.0117. The molecule has 0 unspecified atom stereocenters. The number of fused-ring (bicyclic) bond motifs is 1. The van der Waals surface area contributed by atoms with Crippen molar-refractivity contribution < 1.29 is 18.0 Å². The van der Waals surface area contributed by atoms with Crippen molar-refractivity contribution in [3.05, 3.63) is 69.0 Å². The van der Waals surface area contributed by atoms with Crippen LogP contribution in [0.4, 0.5) is 13.2 Å². The Labute approximate surface area is 168 Å². The van der Waals surface area contributed by atoms with Crippen LogP contribution in [0.1, 0.15) is 35.2 Å². The molecule has 0 bridgehead atoms. The SMILES string of the molecule is CCCN(Cc1nc2cc(Cl)ccc2c(=O)[nH]1)C(=O)c1ccc(C(F)(F)F)nc1. The Morgan fingerprint density at radius 1 is 1.24 bits per heavy atom. The molecule has 1 N–H and O–H groups in total. The number of nitrogens with one attached hydrogen (secondary N) is 1. The summed E-state index contributed by atoms with van der Waals surface area (Å²) in [5, 5.41) is 0.775. The number of benzene rings is 1. The van der Waals surface area contributed by atoms with Gasteiger partial charge in [-0.15, -0.1) is 0 Å². The van der Waals surface area contributed by atoms with Crippen molar-refractivity contribution in [3.8, 4) is 0 Å². The lowest BCUT2D eigenvalue weighted by Gasteiger charge is -2.22. The molecule has 0 aliphatic carbocycles. The van der Waals surface area contributed by atoms with Crippen molar-refractivity contribution in [2.75, 3.05) is 6.54 Å². The number of amides is 1. The number of carbonyl (C=O) groups is 1. The van der Waals surface area contributed by atoms with Crippen molar-refractivity contribution in [1.29, 1.82) is 0 Å². The Morgan fingerprint density at radius 3 is 2.62 bits per heavy atom. The van der Waals surface area contributed by atoms with E-state index in [4.69, 9.17) is 11.6 Å². The number of pyridine rings is 1. The van der Waals surface area contributed by atoms with E-state index >= 15 is 0 Å². The van der Waals surface area contributed by atoms with E-state index in [0.29, 0.717) is 28.9 Å². The van der Waals surface area contributed by atoms with Crippen LogP contribution in [0.5, 0.6) is 0 Å². The van der Waals surface area contributed by atoms with Crippen molar-refractivity contribution in [2.24, 2.45) is 0 Å². The van der Waals surface area contributed by atoms with E-state index in [1.807, 2.05) is 6.92 Å². The van der Waals surface area contributed by atoms with Crippen LogP contribution in [-0.4, -0.2) is 32.3 Å². The predicted molar refractivity (Wildman–Crippen MR) is 102 cm³/mol. The zero-order chi connectivity index (χ0) is 21.2. The average Bonchev–Trinajstić information content (AvgIpc) is 2.66. The molecule has 2 heterocycles. The second-order valence-corrected chi connectivity index (χ2v) is 6.77. The molecule has 3 aromatic rings. The highest BCUT2D eigenvalue weighted by molar-refractivity contribution is 6.31. The topological polar surface area (TPSA) is 79.0 Å². The lowest BCUT2D eigenvalue weighted by Crippen LogP contribution is -2.33. The van der Waals surface area contributed by atoms with E-state index < -0.39 is 17.8 Å². The van der Waals surface area contributed by atoms with Crippen LogP contribution >= 0.6 is 11.6 Å². The minimum atomic E-state index is -4.58. The van der Waals surface area contributed by atoms with E-state index in [2.05, 4.69) is 15.0 Å². The fourth-order valence-corrected chi connectivity index (χ4v) is 2.98. The molecule has 1 aromatic carbocycles. The van der Waals surface area contributed by atoms with Gasteiger partial charge in [0, 0.05) is 17.8 Å². The third-order valence-corrected chi connectivity index (χ3v) is 4.37. The maximum atomic E-state index is 12.8. The molecule has 152 valence electrons. The van der Waals surface area contributed by atoms with Gasteiger partial charge in [-0.2, -0.15) is 13.2 Å². The maximum absolute atomic E-state index is 12.8. The molecule has 0 atom stereocenters. The zero-order valence-electron chi connectivity index (χ0n) is 15.3. The van der Waals surface area contributed by atoms with Gasteiger partial charge in [0.1, 0.15) is 11.5 Å². The fraction of sp³-hybridized carbons (Fsp3) is 0.263. The molecule has 0 fully saturated rings. The van der Waals surface area contributed by atoms with Crippen LogP contribution in [0.15, 0.2) is 41.3 Å². The van der Waals surface area contributed by atoms with E-state index in [1.165, 1.54) is 4.90 Å². The number of halogens is 4. The molecule has 0 saturated carbocycles. The highest BCUT2D eigenvalue weighted by Gasteiger charge is 2.32. The second kappa shape index (κ2) is 8.20. The number of alkyl halides is 3. The Morgan fingerprint density at radius 2 is 2.00 bits per heavy atom. The molecule has 29 heavy (non-hydrogen) atoms. The van der Waals surface area contributed by atoms with Gasteiger partial charge in [0.25, 0.3) is 11.5 Å². The van der Waals surface area contributed by atoms with Gasteiger partial charge in [0.05, 0.1) is 23.0 Å². The maximum Gasteiger partial charge on any atom is 0.433 e. The summed E-state index contributed by atoms with van der Waals surface area (Å²) in [6.45, 7) is 2.14. The smallest absolute Gasteiger partial charge is 0.331 e. The number of nitrogens with zero attached hydrogens (tertiary/aromatic N) is 3.